The minimum atomic E-state index is 0.0123. The molecule has 0 spiro atoms. The van der Waals surface area contributed by atoms with Crippen molar-refractivity contribution in [1.82, 2.24) is 5.32 Å². The van der Waals surface area contributed by atoms with E-state index < -0.39 is 0 Å². The van der Waals surface area contributed by atoms with Crippen LogP contribution in [-0.2, 0) is 22.2 Å². The molecule has 170 valence electrons. The van der Waals surface area contributed by atoms with E-state index in [9.17, 15) is 0 Å². The van der Waals surface area contributed by atoms with Gasteiger partial charge in [0.15, 0.2) is 0 Å². The summed E-state index contributed by atoms with van der Waals surface area (Å²) in [6.45, 7) is 7.99. The minimum Gasteiger partial charge on any atom is -0.410 e. The first kappa shape index (κ1) is 25.4. The van der Waals surface area contributed by atoms with Gasteiger partial charge in [-0.1, -0.05) is 95.9 Å². The van der Waals surface area contributed by atoms with Crippen molar-refractivity contribution in [2.24, 2.45) is 0 Å². The average molecular weight is 415 g/mol. The summed E-state index contributed by atoms with van der Waals surface area (Å²) in [5.41, 5.74) is 3.16. The quantitative estimate of drug-likeness (QED) is 0.259. The highest BCUT2D eigenvalue weighted by molar-refractivity contribution is 6.46. The zero-order chi connectivity index (χ0) is 21.3. The molecule has 1 aromatic rings. The normalized spacial score (nSPS) is 16.3. The first-order valence-electron chi connectivity index (χ1n) is 12.9. The Hall–Kier alpha value is -0.835. The topological polar surface area (TPSA) is 30.5 Å². The Morgan fingerprint density at radius 1 is 0.767 bits per heavy atom. The number of hydrogen-bond donors (Lipinski definition) is 1. The van der Waals surface area contributed by atoms with Gasteiger partial charge in [-0.25, -0.2) is 0 Å². The van der Waals surface area contributed by atoms with Crippen molar-refractivity contribution in [2.45, 2.75) is 103 Å². The number of nitrogens with one attached hydrogen (secondary N) is 1. The highest BCUT2D eigenvalue weighted by Crippen LogP contribution is 2.27. The van der Waals surface area contributed by atoms with Crippen LogP contribution in [0.15, 0.2) is 24.3 Å². The van der Waals surface area contributed by atoms with Crippen molar-refractivity contribution in [3.63, 3.8) is 0 Å². The van der Waals surface area contributed by atoms with Crippen LogP contribution in [0.25, 0.3) is 0 Å². The van der Waals surface area contributed by atoms with Crippen molar-refractivity contribution in [1.29, 1.82) is 0 Å². The van der Waals surface area contributed by atoms with E-state index in [-0.39, 0.29) is 7.12 Å². The Kier molecular flexibility index (Phi) is 14.2. The van der Waals surface area contributed by atoms with E-state index in [1.165, 1.54) is 83.5 Å². The Morgan fingerprint density at radius 3 is 2.00 bits per heavy atom. The third-order valence-electron chi connectivity index (χ3n) is 6.37. The molecule has 4 heteroatoms. The summed E-state index contributed by atoms with van der Waals surface area (Å²) in [5.74, 6) is 0.563. The molecule has 1 aromatic carbocycles. The summed E-state index contributed by atoms with van der Waals surface area (Å²) in [4.78, 5) is 0. The van der Waals surface area contributed by atoms with Gasteiger partial charge in [0.1, 0.15) is 0 Å². The number of benzene rings is 1. The molecule has 0 amide bonds. The fourth-order valence-corrected chi connectivity index (χ4v) is 4.49. The van der Waals surface area contributed by atoms with E-state index in [1.807, 2.05) is 0 Å². The van der Waals surface area contributed by atoms with Crippen molar-refractivity contribution in [3.8, 4) is 0 Å². The van der Waals surface area contributed by atoms with Crippen LogP contribution in [0.2, 0.25) is 5.82 Å². The van der Waals surface area contributed by atoms with Crippen molar-refractivity contribution < 1.29 is 9.31 Å². The molecule has 1 unspecified atom stereocenters. The van der Waals surface area contributed by atoms with E-state index in [0.29, 0.717) is 5.82 Å². The number of unbranched alkanes of at least 4 members (excludes halogenated alkanes) is 6. The molecule has 2 rings (SSSR count). The van der Waals surface area contributed by atoms with Crippen LogP contribution in [0.3, 0.4) is 0 Å². The lowest BCUT2D eigenvalue weighted by Crippen LogP contribution is -2.38. The van der Waals surface area contributed by atoms with Crippen LogP contribution in [0, 0.1) is 0 Å². The van der Waals surface area contributed by atoms with Gasteiger partial charge in [-0.2, -0.15) is 0 Å². The highest BCUT2D eigenvalue weighted by Gasteiger charge is 2.29. The number of hydrogen-bond acceptors (Lipinski definition) is 3. The van der Waals surface area contributed by atoms with Gasteiger partial charge in [-0.3, -0.25) is 0 Å². The van der Waals surface area contributed by atoms with Crippen molar-refractivity contribution in [3.05, 3.63) is 35.4 Å². The van der Waals surface area contributed by atoms with Crippen molar-refractivity contribution >= 4 is 7.12 Å². The van der Waals surface area contributed by atoms with Gasteiger partial charge in [-0.05, 0) is 42.6 Å². The fraction of sp³-hybridized carbons (Fsp3) is 0.769. The molecule has 0 bridgehead atoms. The summed E-state index contributed by atoms with van der Waals surface area (Å²) >= 11 is 0. The monoisotopic (exact) mass is 415 g/mol. The Balaban J connectivity index is 1.63. The van der Waals surface area contributed by atoms with Crippen LogP contribution in [0.4, 0.5) is 0 Å². The van der Waals surface area contributed by atoms with Gasteiger partial charge >= 0.3 is 7.12 Å². The molecule has 1 fully saturated rings. The molecule has 3 nitrogen and oxygen atoms in total. The Labute approximate surface area is 186 Å². The molecule has 1 saturated heterocycles. The Morgan fingerprint density at radius 2 is 1.33 bits per heavy atom. The van der Waals surface area contributed by atoms with E-state index in [0.717, 1.165) is 26.3 Å². The third kappa shape index (κ3) is 10.5. The number of rotatable bonds is 15. The molecule has 1 N–H and O–H groups in total. The molecule has 1 aliphatic rings. The second-order valence-corrected chi connectivity index (χ2v) is 8.94. The second-order valence-electron chi connectivity index (χ2n) is 8.94. The smallest absolute Gasteiger partial charge is 0.410 e. The molecule has 1 atom stereocenters. The van der Waals surface area contributed by atoms with Crippen LogP contribution >= 0.6 is 0 Å². The van der Waals surface area contributed by atoms with Crippen LogP contribution < -0.4 is 5.32 Å². The van der Waals surface area contributed by atoms with Crippen LogP contribution in [0.5, 0.6) is 0 Å². The van der Waals surface area contributed by atoms with Crippen molar-refractivity contribution in [2.75, 3.05) is 26.3 Å². The van der Waals surface area contributed by atoms with E-state index in [4.69, 9.17) is 9.31 Å². The zero-order valence-corrected chi connectivity index (χ0v) is 19.8. The minimum absolute atomic E-state index is 0.0123. The molecule has 0 aliphatic carbocycles. The fourth-order valence-electron chi connectivity index (χ4n) is 4.49. The highest BCUT2D eigenvalue weighted by atomic mass is 16.6. The third-order valence-corrected chi connectivity index (χ3v) is 6.37. The SMILES string of the molecule is CCCCc1ccccc1CCCCCCCC(CCCC)B1OCCNCCO1. The molecule has 0 aromatic heterocycles. The molecule has 1 heterocycles. The molecule has 30 heavy (non-hydrogen) atoms. The summed E-state index contributed by atoms with van der Waals surface area (Å²) in [6, 6.07) is 9.07. The lowest BCUT2D eigenvalue weighted by atomic mass is 9.66. The standard InChI is InChI=1S/C26H46BNO2/c1-3-5-14-24-16-12-13-17-25(24)15-10-8-7-9-11-19-26(18-6-4-2)27-29-22-20-28-21-23-30-27/h12-13,16-17,26,28H,3-11,14-15,18-23H2,1-2H3. The molecule has 1 aliphatic heterocycles. The van der Waals surface area contributed by atoms with Gasteiger partial charge in [-0.15, -0.1) is 0 Å². The lowest BCUT2D eigenvalue weighted by Gasteiger charge is -2.25. The first-order chi connectivity index (χ1) is 14.8. The van der Waals surface area contributed by atoms with Gasteiger partial charge in [0.2, 0.25) is 0 Å². The van der Waals surface area contributed by atoms with Gasteiger partial charge in [0.05, 0.1) is 0 Å². The van der Waals surface area contributed by atoms with Crippen LogP contribution in [0.1, 0.15) is 95.6 Å². The summed E-state index contributed by atoms with van der Waals surface area (Å²) < 4.78 is 12.1. The maximum atomic E-state index is 6.04. The van der Waals surface area contributed by atoms with Gasteiger partial charge in [0.25, 0.3) is 0 Å². The zero-order valence-electron chi connectivity index (χ0n) is 19.8. The number of aryl methyl sites for hydroxylation is 2. The predicted molar refractivity (Wildman–Crippen MR) is 130 cm³/mol. The van der Waals surface area contributed by atoms with E-state index in [1.54, 1.807) is 11.1 Å². The summed E-state index contributed by atoms with van der Waals surface area (Å²) in [5, 5.41) is 3.34. The Bertz CT molecular complexity index is 532. The largest absolute Gasteiger partial charge is 0.460 e. The van der Waals surface area contributed by atoms with Crippen LogP contribution in [-0.4, -0.2) is 33.4 Å². The predicted octanol–water partition coefficient (Wildman–Crippen LogP) is 6.60. The van der Waals surface area contributed by atoms with E-state index in [2.05, 4.69) is 43.4 Å². The maximum absolute atomic E-state index is 6.04. The second kappa shape index (κ2) is 16.8. The molecule has 0 radical (unpaired) electrons. The maximum Gasteiger partial charge on any atom is 0.460 e. The van der Waals surface area contributed by atoms with E-state index >= 15 is 0 Å². The summed E-state index contributed by atoms with van der Waals surface area (Å²) in [7, 11) is 0.0123. The lowest BCUT2D eigenvalue weighted by molar-refractivity contribution is 0.166. The van der Waals surface area contributed by atoms with Gasteiger partial charge < -0.3 is 14.6 Å². The molecule has 0 saturated carbocycles. The first-order valence-corrected chi connectivity index (χ1v) is 12.9. The average Bonchev–Trinajstić information content (AvgIpc) is 2.74. The van der Waals surface area contributed by atoms with Gasteiger partial charge in [0, 0.05) is 26.3 Å². The molecular formula is C26H46BNO2. The summed E-state index contributed by atoms with van der Waals surface area (Å²) in [6.07, 6.45) is 16.8. The molecular weight excluding hydrogens is 369 g/mol.